The third-order valence-electron chi connectivity index (χ3n) is 6.66. The Hall–Kier alpha value is -4.47. The summed E-state index contributed by atoms with van der Waals surface area (Å²) in [5.74, 6) is -0.149. The van der Waals surface area contributed by atoms with E-state index in [1.807, 2.05) is 18.2 Å². The summed E-state index contributed by atoms with van der Waals surface area (Å²) < 4.78 is 27.2. The van der Waals surface area contributed by atoms with Gasteiger partial charge >= 0.3 is 0 Å². The lowest BCUT2D eigenvalue weighted by Gasteiger charge is -2.32. The highest BCUT2D eigenvalue weighted by molar-refractivity contribution is 6.01. The van der Waals surface area contributed by atoms with Gasteiger partial charge in [-0.25, -0.2) is 9.07 Å². The van der Waals surface area contributed by atoms with E-state index in [4.69, 9.17) is 9.47 Å². The molecule has 1 unspecified atom stereocenters. The lowest BCUT2D eigenvalue weighted by molar-refractivity contribution is -0.127. The Morgan fingerprint density at radius 3 is 2.48 bits per heavy atom. The number of ether oxygens (including phenoxy) is 2. The smallest absolute Gasteiger partial charge is 0.249 e. The number of para-hydroxylation sites is 1. The zero-order valence-electron chi connectivity index (χ0n) is 23.3. The number of hydrogen-bond acceptors (Lipinski definition) is 6. The monoisotopic (exact) mass is 547 g/mol. The molecule has 1 atom stereocenters. The van der Waals surface area contributed by atoms with Crippen LogP contribution in [0, 0.1) is 18.7 Å². The highest BCUT2D eigenvalue weighted by Gasteiger charge is 2.34. The number of hydrogen-bond donors (Lipinski definition) is 1. The summed E-state index contributed by atoms with van der Waals surface area (Å²) in [6, 6.07) is 15.6. The molecule has 0 aliphatic rings. The molecule has 40 heavy (non-hydrogen) atoms. The van der Waals surface area contributed by atoms with E-state index in [-0.39, 0.29) is 12.2 Å². The topological polar surface area (TPSA) is 98.6 Å². The molecular formula is C30H34FN5O4. The van der Waals surface area contributed by atoms with Crippen LogP contribution < -0.4 is 19.7 Å². The fourth-order valence-electron chi connectivity index (χ4n) is 4.43. The first-order valence-corrected chi connectivity index (χ1v) is 13.1. The van der Waals surface area contributed by atoms with Crippen LogP contribution in [0.2, 0.25) is 0 Å². The molecule has 3 aromatic carbocycles. The van der Waals surface area contributed by atoms with E-state index in [1.165, 1.54) is 29.9 Å². The molecule has 4 aromatic rings. The molecule has 0 aliphatic carbocycles. The van der Waals surface area contributed by atoms with Gasteiger partial charge in [0.2, 0.25) is 11.8 Å². The fourth-order valence-corrected chi connectivity index (χ4v) is 4.43. The van der Waals surface area contributed by atoms with Gasteiger partial charge in [0.25, 0.3) is 0 Å². The van der Waals surface area contributed by atoms with Gasteiger partial charge in [0.1, 0.15) is 23.9 Å². The van der Waals surface area contributed by atoms with Crippen LogP contribution in [0.25, 0.3) is 11.0 Å². The molecule has 0 radical (unpaired) electrons. The number of rotatable bonds is 11. The molecule has 9 nitrogen and oxygen atoms in total. The van der Waals surface area contributed by atoms with Crippen molar-refractivity contribution in [3.63, 3.8) is 0 Å². The Morgan fingerprint density at radius 1 is 1.02 bits per heavy atom. The summed E-state index contributed by atoms with van der Waals surface area (Å²) in [5.41, 5.74) is 2.41. The average molecular weight is 548 g/mol. The minimum Gasteiger partial charge on any atom is -0.493 e. The van der Waals surface area contributed by atoms with E-state index in [9.17, 15) is 14.0 Å². The molecule has 1 aromatic heterocycles. The number of benzene rings is 3. The average Bonchev–Trinajstić information content (AvgIpc) is 3.35. The van der Waals surface area contributed by atoms with Crippen LogP contribution in [-0.2, 0) is 16.1 Å². The normalized spacial score (nSPS) is 11.9. The molecule has 1 heterocycles. The molecular weight excluding hydrogens is 513 g/mol. The Kier molecular flexibility index (Phi) is 8.98. The number of aryl methyl sites for hydroxylation is 1. The molecule has 0 aliphatic heterocycles. The first-order chi connectivity index (χ1) is 19.2. The number of fused-ring (bicyclic) bond motifs is 1. The number of anilines is 1. The lowest BCUT2D eigenvalue weighted by Crippen LogP contribution is -2.45. The molecule has 1 N–H and O–H groups in total. The van der Waals surface area contributed by atoms with Crippen LogP contribution in [-0.4, -0.2) is 47.6 Å². The summed E-state index contributed by atoms with van der Waals surface area (Å²) in [5, 5.41) is 11.3. The second kappa shape index (κ2) is 12.6. The predicted molar refractivity (Wildman–Crippen MR) is 151 cm³/mol. The van der Waals surface area contributed by atoms with Crippen molar-refractivity contribution in [1.82, 2.24) is 20.3 Å². The molecule has 0 fully saturated rings. The first kappa shape index (κ1) is 28.5. The van der Waals surface area contributed by atoms with Gasteiger partial charge in [0, 0.05) is 12.2 Å². The number of aromatic nitrogens is 3. The molecule has 0 bridgehead atoms. The fraction of sp³-hybridized carbons (Fsp3) is 0.333. The standard InChI is InChI=1S/C30H34FN5O4/c1-19(2)14-15-32-30(38)29(21-11-13-26(39-4)27(16-21)40-5)36(22-12-10-20(3)23(31)17-22)28(37)18-35-25-9-7-6-8-24(25)33-34-35/h6-13,16-17,19,29H,14-15,18H2,1-5H3,(H,32,38). The van der Waals surface area contributed by atoms with Gasteiger partial charge in [-0.3, -0.25) is 14.5 Å². The van der Waals surface area contributed by atoms with E-state index in [2.05, 4.69) is 29.5 Å². The van der Waals surface area contributed by atoms with E-state index in [0.29, 0.717) is 46.1 Å². The SMILES string of the molecule is COc1ccc(C(C(=O)NCCC(C)C)N(C(=O)Cn2nnc3ccccc32)c2ccc(C)c(F)c2)cc1OC. The van der Waals surface area contributed by atoms with Crippen molar-refractivity contribution in [3.8, 4) is 11.5 Å². The molecule has 0 saturated carbocycles. The molecule has 2 amide bonds. The van der Waals surface area contributed by atoms with Gasteiger partial charge < -0.3 is 14.8 Å². The lowest BCUT2D eigenvalue weighted by atomic mass is 10.0. The quantitative estimate of drug-likeness (QED) is 0.289. The van der Waals surface area contributed by atoms with Crippen molar-refractivity contribution in [3.05, 3.63) is 77.6 Å². The molecule has 10 heteroatoms. The van der Waals surface area contributed by atoms with Crippen molar-refractivity contribution in [1.29, 1.82) is 0 Å². The number of nitrogens with zero attached hydrogens (tertiary/aromatic N) is 4. The number of nitrogens with one attached hydrogen (secondary N) is 1. The minimum atomic E-state index is -1.14. The maximum absolute atomic E-state index is 14.9. The summed E-state index contributed by atoms with van der Waals surface area (Å²) in [4.78, 5) is 29.3. The Bertz CT molecular complexity index is 1500. The van der Waals surface area contributed by atoms with Crippen LogP contribution >= 0.6 is 0 Å². The number of halogens is 1. The zero-order chi connectivity index (χ0) is 28.8. The van der Waals surface area contributed by atoms with E-state index < -0.39 is 23.7 Å². The number of methoxy groups -OCH3 is 2. The largest absolute Gasteiger partial charge is 0.493 e. The molecule has 210 valence electrons. The summed E-state index contributed by atoms with van der Waals surface area (Å²) in [6.07, 6.45) is 0.752. The molecule has 0 spiro atoms. The van der Waals surface area contributed by atoms with E-state index >= 15 is 0 Å². The van der Waals surface area contributed by atoms with Crippen molar-refractivity contribution in [2.45, 2.75) is 39.8 Å². The van der Waals surface area contributed by atoms with Crippen LogP contribution in [0.15, 0.2) is 60.7 Å². The maximum Gasteiger partial charge on any atom is 0.249 e. The highest BCUT2D eigenvalue weighted by Crippen LogP contribution is 2.35. The Balaban J connectivity index is 1.83. The van der Waals surface area contributed by atoms with Crippen molar-refractivity contribution in [2.24, 2.45) is 5.92 Å². The van der Waals surface area contributed by atoms with Gasteiger partial charge in [0.05, 0.1) is 19.7 Å². The van der Waals surface area contributed by atoms with Gasteiger partial charge in [-0.1, -0.05) is 43.3 Å². The third-order valence-corrected chi connectivity index (χ3v) is 6.66. The van der Waals surface area contributed by atoms with Crippen LogP contribution in [0.1, 0.15) is 37.4 Å². The third kappa shape index (κ3) is 6.22. The number of carbonyl (C=O) groups is 2. The molecule has 4 rings (SSSR count). The number of carbonyl (C=O) groups excluding carboxylic acids is 2. The highest BCUT2D eigenvalue weighted by atomic mass is 19.1. The zero-order valence-corrected chi connectivity index (χ0v) is 23.3. The van der Waals surface area contributed by atoms with Crippen molar-refractivity contribution >= 4 is 28.5 Å². The Labute approximate surface area is 232 Å². The molecule has 0 saturated heterocycles. The van der Waals surface area contributed by atoms with Crippen LogP contribution in [0.5, 0.6) is 11.5 Å². The summed E-state index contributed by atoms with van der Waals surface area (Å²) in [7, 11) is 3.01. The predicted octanol–water partition coefficient (Wildman–Crippen LogP) is 4.83. The van der Waals surface area contributed by atoms with Crippen LogP contribution in [0.4, 0.5) is 10.1 Å². The minimum absolute atomic E-state index is 0.223. The summed E-state index contributed by atoms with van der Waals surface area (Å²) in [6.45, 7) is 5.95. The Morgan fingerprint density at radius 2 is 1.77 bits per heavy atom. The first-order valence-electron chi connectivity index (χ1n) is 13.1. The van der Waals surface area contributed by atoms with Gasteiger partial charge in [-0.2, -0.15) is 0 Å². The van der Waals surface area contributed by atoms with E-state index in [0.717, 1.165) is 6.42 Å². The van der Waals surface area contributed by atoms with Gasteiger partial charge in [-0.05, 0) is 66.8 Å². The van der Waals surface area contributed by atoms with Crippen molar-refractivity contribution in [2.75, 3.05) is 25.7 Å². The van der Waals surface area contributed by atoms with Gasteiger partial charge in [-0.15, -0.1) is 5.10 Å². The van der Waals surface area contributed by atoms with E-state index in [1.54, 1.807) is 43.3 Å². The van der Waals surface area contributed by atoms with Gasteiger partial charge in [0.15, 0.2) is 11.5 Å². The summed E-state index contributed by atoms with van der Waals surface area (Å²) >= 11 is 0. The van der Waals surface area contributed by atoms with Crippen molar-refractivity contribution < 1.29 is 23.5 Å². The van der Waals surface area contributed by atoms with Crippen LogP contribution in [0.3, 0.4) is 0 Å². The number of amides is 2. The maximum atomic E-state index is 14.9. The second-order valence-electron chi connectivity index (χ2n) is 9.92. The second-order valence-corrected chi connectivity index (χ2v) is 9.92.